The molecule has 32 heavy (non-hydrogen) atoms. The van der Waals surface area contributed by atoms with E-state index in [9.17, 15) is 9.59 Å². The van der Waals surface area contributed by atoms with Crippen LogP contribution in [0.1, 0.15) is 56.4 Å². The highest BCUT2D eigenvalue weighted by Crippen LogP contribution is 2.31. The van der Waals surface area contributed by atoms with Gasteiger partial charge in [0.15, 0.2) is 11.5 Å². The van der Waals surface area contributed by atoms with E-state index in [1.165, 1.54) is 0 Å². The Morgan fingerprint density at radius 2 is 1.81 bits per heavy atom. The molecule has 9 heteroatoms. The Labute approximate surface area is 188 Å². The molecule has 2 aromatic rings. The van der Waals surface area contributed by atoms with Gasteiger partial charge >= 0.3 is 6.09 Å². The predicted molar refractivity (Wildman–Crippen MR) is 120 cm³/mol. The molecule has 0 aliphatic carbocycles. The number of nitrogens with one attached hydrogen (secondary N) is 1. The van der Waals surface area contributed by atoms with Crippen LogP contribution in [0.3, 0.4) is 0 Å². The van der Waals surface area contributed by atoms with Crippen LogP contribution >= 0.6 is 0 Å². The van der Waals surface area contributed by atoms with Crippen molar-refractivity contribution >= 4 is 17.7 Å². The van der Waals surface area contributed by atoms with E-state index in [-0.39, 0.29) is 12.5 Å². The molecule has 1 aromatic heterocycles. The Bertz CT molecular complexity index is 993. The van der Waals surface area contributed by atoms with E-state index in [2.05, 4.69) is 10.4 Å². The summed E-state index contributed by atoms with van der Waals surface area (Å²) in [7, 11) is 1.73. The van der Waals surface area contributed by atoms with Gasteiger partial charge in [-0.05, 0) is 46.8 Å². The zero-order chi connectivity index (χ0) is 23.5. The average molecular weight is 445 g/mol. The van der Waals surface area contributed by atoms with Gasteiger partial charge in [-0.3, -0.25) is 9.48 Å². The van der Waals surface area contributed by atoms with Crippen molar-refractivity contribution in [2.24, 2.45) is 7.05 Å². The topological polar surface area (TPSA) is 94.9 Å². The molecule has 0 saturated heterocycles. The van der Waals surface area contributed by atoms with Crippen molar-refractivity contribution in [1.82, 2.24) is 14.7 Å². The number of fused-ring (bicyclic) bond motifs is 1. The van der Waals surface area contributed by atoms with Gasteiger partial charge in [0.2, 0.25) is 0 Å². The molecule has 0 spiro atoms. The van der Waals surface area contributed by atoms with Crippen LogP contribution in [0.15, 0.2) is 18.2 Å². The standard InChI is InChI=1S/C23H32N4O5/c1-7-30-18-10-9-15(13-19(18)31-8-2)24-21(28)20-16-14-27(22(29)32-23(3,4)5)12-11-17(16)25-26(20)6/h9-10,13H,7-8,11-12,14H2,1-6H3,(H,24,28). The summed E-state index contributed by atoms with van der Waals surface area (Å²) in [6.07, 6.45) is 0.166. The Morgan fingerprint density at radius 3 is 2.47 bits per heavy atom. The van der Waals surface area contributed by atoms with Crippen molar-refractivity contribution in [3.63, 3.8) is 0 Å². The summed E-state index contributed by atoms with van der Waals surface area (Å²) in [5, 5.41) is 7.42. The lowest BCUT2D eigenvalue weighted by atomic mass is 10.1. The third kappa shape index (κ3) is 5.33. The number of aromatic nitrogens is 2. The minimum absolute atomic E-state index is 0.272. The fourth-order valence-corrected chi connectivity index (χ4v) is 3.59. The van der Waals surface area contributed by atoms with Crippen molar-refractivity contribution < 1.29 is 23.8 Å². The van der Waals surface area contributed by atoms with Crippen LogP contribution in [0.4, 0.5) is 10.5 Å². The van der Waals surface area contributed by atoms with E-state index in [0.29, 0.717) is 49.1 Å². The number of anilines is 1. The van der Waals surface area contributed by atoms with Crippen LogP contribution in [-0.2, 0) is 24.8 Å². The number of benzene rings is 1. The molecule has 1 aliphatic heterocycles. The van der Waals surface area contributed by atoms with Crippen LogP contribution in [-0.4, -0.2) is 52.0 Å². The van der Waals surface area contributed by atoms with Gasteiger partial charge in [0.05, 0.1) is 25.5 Å². The number of amides is 2. The molecule has 0 atom stereocenters. The highest BCUT2D eigenvalue weighted by Gasteiger charge is 2.31. The molecule has 9 nitrogen and oxygen atoms in total. The number of carbonyl (C=O) groups excluding carboxylic acids is 2. The van der Waals surface area contributed by atoms with Crippen LogP contribution in [0.5, 0.6) is 11.5 Å². The maximum Gasteiger partial charge on any atom is 0.410 e. The number of nitrogens with zero attached hydrogens (tertiary/aromatic N) is 3. The van der Waals surface area contributed by atoms with Crippen molar-refractivity contribution in [3.05, 3.63) is 35.2 Å². The maximum atomic E-state index is 13.2. The monoisotopic (exact) mass is 444 g/mol. The first-order chi connectivity index (χ1) is 15.1. The van der Waals surface area contributed by atoms with Crippen LogP contribution in [0.2, 0.25) is 0 Å². The van der Waals surface area contributed by atoms with Gasteiger partial charge in [0.1, 0.15) is 11.3 Å². The Hall–Kier alpha value is -3.23. The molecule has 0 radical (unpaired) electrons. The van der Waals surface area contributed by atoms with E-state index in [1.807, 2.05) is 34.6 Å². The number of aryl methyl sites for hydroxylation is 1. The first kappa shape index (κ1) is 23.4. The van der Waals surface area contributed by atoms with E-state index in [4.69, 9.17) is 14.2 Å². The SMILES string of the molecule is CCOc1ccc(NC(=O)c2c3c(nn2C)CCN(C(=O)OC(C)(C)C)C3)cc1OCC. The summed E-state index contributed by atoms with van der Waals surface area (Å²) in [6, 6.07) is 5.27. The van der Waals surface area contributed by atoms with Crippen LogP contribution < -0.4 is 14.8 Å². The zero-order valence-electron chi connectivity index (χ0n) is 19.7. The lowest BCUT2D eigenvalue weighted by Gasteiger charge is -2.29. The Kier molecular flexibility index (Phi) is 6.96. The lowest BCUT2D eigenvalue weighted by Crippen LogP contribution is -2.40. The fourth-order valence-electron chi connectivity index (χ4n) is 3.59. The number of carbonyl (C=O) groups is 2. The average Bonchev–Trinajstić information content (AvgIpc) is 3.04. The summed E-state index contributed by atoms with van der Waals surface area (Å²) in [4.78, 5) is 27.3. The molecule has 0 fully saturated rings. The molecule has 3 rings (SSSR count). The molecule has 0 unspecified atom stereocenters. The van der Waals surface area contributed by atoms with Crippen molar-refractivity contribution in [3.8, 4) is 11.5 Å². The molecule has 0 saturated carbocycles. The minimum atomic E-state index is -0.585. The van der Waals surface area contributed by atoms with Gasteiger partial charge in [-0.15, -0.1) is 0 Å². The maximum absolute atomic E-state index is 13.2. The van der Waals surface area contributed by atoms with Crippen LogP contribution in [0.25, 0.3) is 0 Å². The van der Waals surface area contributed by atoms with Crippen molar-refractivity contribution in [2.45, 2.75) is 53.2 Å². The van der Waals surface area contributed by atoms with E-state index in [0.717, 1.165) is 11.3 Å². The molecule has 0 bridgehead atoms. The molecule has 1 aliphatic rings. The number of hydrogen-bond acceptors (Lipinski definition) is 6. The molecule has 2 amide bonds. The highest BCUT2D eigenvalue weighted by atomic mass is 16.6. The third-order valence-electron chi connectivity index (χ3n) is 4.86. The fraction of sp³-hybridized carbons (Fsp3) is 0.522. The zero-order valence-corrected chi connectivity index (χ0v) is 19.7. The molecule has 1 aromatic carbocycles. The summed E-state index contributed by atoms with van der Waals surface area (Å²) < 4.78 is 18.3. The summed E-state index contributed by atoms with van der Waals surface area (Å²) in [5.74, 6) is 0.882. The van der Waals surface area contributed by atoms with Gasteiger partial charge in [-0.1, -0.05) is 0 Å². The Balaban J connectivity index is 1.81. The molecular formula is C23H32N4O5. The van der Waals surface area contributed by atoms with Gasteiger partial charge < -0.3 is 24.4 Å². The smallest absolute Gasteiger partial charge is 0.410 e. The van der Waals surface area contributed by atoms with Gasteiger partial charge in [-0.2, -0.15) is 5.10 Å². The lowest BCUT2D eigenvalue weighted by molar-refractivity contribution is 0.0222. The van der Waals surface area contributed by atoms with Crippen molar-refractivity contribution in [1.29, 1.82) is 0 Å². The second-order valence-corrected chi connectivity index (χ2v) is 8.53. The second kappa shape index (κ2) is 9.50. The Morgan fingerprint density at radius 1 is 1.12 bits per heavy atom. The second-order valence-electron chi connectivity index (χ2n) is 8.53. The van der Waals surface area contributed by atoms with Gasteiger partial charge in [0, 0.05) is 37.3 Å². The highest BCUT2D eigenvalue weighted by molar-refractivity contribution is 6.04. The largest absolute Gasteiger partial charge is 0.490 e. The normalized spacial score (nSPS) is 13.4. The molecule has 1 N–H and O–H groups in total. The summed E-state index contributed by atoms with van der Waals surface area (Å²) in [5.41, 5.74) is 1.97. The minimum Gasteiger partial charge on any atom is -0.490 e. The first-order valence-corrected chi connectivity index (χ1v) is 10.9. The number of rotatable bonds is 6. The van der Waals surface area contributed by atoms with Gasteiger partial charge in [0.25, 0.3) is 5.91 Å². The van der Waals surface area contributed by atoms with Crippen LogP contribution in [0, 0.1) is 0 Å². The quantitative estimate of drug-likeness (QED) is 0.729. The third-order valence-corrected chi connectivity index (χ3v) is 4.86. The van der Waals surface area contributed by atoms with Crippen molar-refractivity contribution in [2.75, 3.05) is 25.1 Å². The number of hydrogen-bond donors (Lipinski definition) is 1. The molecule has 2 heterocycles. The van der Waals surface area contributed by atoms with E-state index < -0.39 is 11.7 Å². The molecule has 174 valence electrons. The summed E-state index contributed by atoms with van der Waals surface area (Å²) >= 11 is 0. The predicted octanol–water partition coefficient (Wildman–Crippen LogP) is 3.76. The van der Waals surface area contributed by atoms with E-state index >= 15 is 0 Å². The number of ether oxygens (including phenoxy) is 3. The van der Waals surface area contributed by atoms with E-state index in [1.54, 1.807) is 34.8 Å². The summed E-state index contributed by atoms with van der Waals surface area (Å²) in [6.45, 7) is 11.0. The van der Waals surface area contributed by atoms with Gasteiger partial charge in [-0.25, -0.2) is 4.79 Å². The first-order valence-electron chi connectivity index (χ1n) is 10.9. The molecular weight excluding hydrogens is 412 g/mol.